The molecule has 1 aromatic rings. The summed E-state index contributed by atoms with van der Waals surface area (Å²) in [6, 6.07) is 5.06. The molecule has 1 heterocycles. The molecule has 0 unspecified atom stereocenters. The monoisotopic (exact) mass is 300 g/mol. The fourth-order valence-electron chi connectivity index (χ4n) is 2.28. The van der Waals surface area contributed by atoms with Gasteiger partial charge in [-0.3, -0.25) is 9.80 Å². The average Bonchev–Trinajstić information content (AvgIpc) is 2.46. The van der Waals surface area contributed by atoms with Gasteiger partial charge in [-0.25, -0.2) is 4.39 Å². The lowest BCUT2D eigenvalue weighted by molar-refractivity contribution is 0.138. The molecule has 0 bridgehead atoms. The van der Waals surface area contributed by atoms with E-state index in [0.717, 1.165) is 26.2 Å². The first kappa shape index (κ1) is 15.0. The van der Waals surface area contributed by atoms with Crippen LogP contribution in [-0.2, 0) is 6.54 Å². The number of piperazine rings is 1. The van der Waals surface area contributed by atoms with E-state index >= 15 is 0 Å². The maximum Gasteiger partial charge on any atom is 0.153 e. The van der Waals surface area contributed by atoms with Crippen molar-refractivity contribution in [1.29, 1.82) is 0 Å². The Morgan fingerprint density at radius 2 is 1.95 bits per heavy atom. The van der Waals surface area contributed by atoms with E-state index in [2.05, 4.69) is 15.0 Å². The maximum atomic E-state index is 13.8. The van der Waals surface area contributed by atoms with Crippen molar-refractivity contribution in [2.75, 3.05) is 32.7 Å². The Hall–Kier alpha value is -1.37. The highest BCUT2D eigenvalue weighted by atomic mass is 35.5. The summed E-state index contributed by atoms with van der Waals surface area (Å²) in [6.45, 7) is 4.23. The fourth-order valence-corrected chi connectivity index (χ4v) is 2.47. The van der Waals surface area contributed by atoms with Crippen LogP contribution in [0.2, 0.25) is 5.02 Å². The van der Waals surface area contributed by atoms with Gasteiger partial charge < -0.3 is 10.9 Å². The quantitative estimate of drug-likeness (QED) is 0.381. The Labute approximate surface area is 122 Å². The second-order valence-electron chi connectivity index (χ2n) is 4.86. The fraction of sp³-hybridized carbons (Fsp3) is 0.462. The number of amidine groups is 1. The van der Waals surface area contributed by atoms with Crippen molar-refractivity contribution in [2.24, 2.45) is 10.9 Å². The van der Waals surface area contributed by atoms with E-state index in [1.807, 2.05) is 0 Å². The second-order valence-corrected chi connectivity index (χ2v) is 5.26. The van der Waals surface area contributed by atoms with Crippen LogP contribution in [0.15, 0.2) is 23.4 Å². The molecule has 5 nitrogen and oxygen atoms in total. The molecule has 110 valence electrons. The Balaban J connectivity index is 1.87. The molecule has 0 radical (unpaired) electrons. The van der Waals surface area contributed by atoms with Crippen LogP contribution in [0, 0.1) is 5.82 Å². The SMILES string of the molecule is N/C(CN1CCN(Cc2cccc(Cl)c2F)CC1)=N/O. The Morgan fingerprint density at radius 3 is 2.60 bits per heavy atom. The first-order valence-electron chi connectivity index (χ1n) is 6.44. The average molecular weight is 301 g/mol. The van der Waals surface area contributed by atoms with Gasteiger partial charge in [0.05, 0.1) is 11.6 Å². The topological polar surface area (TPSA) is 65.1 Å². The van der Waals surface area contributed by atoms with Crippen LogP contribution in [-0.4, -0.2) is 53.6 Å². The number of halogens is 2. The number of nitrogens with two attached hydrogens (primary N) is 1. The van der Waals surface area contributed by atoms with E-state index < -0.39 is 0 Å². The molecule has 3 N–H and O–H groups in total. The zero-order valence-corrected chi connectivity index (χ0v) is 11.9. The van der Waals surface area contributed by atoms with Crippen LogP contribution in [0.3, 0.4) is 0 Å². The molecule has 1 aliphatic rings. The minimum atomic E-state index is -0.340. The largest absolute Gasteiger partial charge is 0.409 e. The molecule has 1 saturated heterocycles. The molecule has 0 spiro atoms. The molecule has 0 atom stereocenters. The van der Waals surface area contributed by atoms with Gasteiger partial charge in [0.25, 0.3) is 0 Å². The number of nitrogens with zero attached hydrogens (tertiary/aromatic N) is 3. The molecular weight excluding hydrogens is 283 g/mol. The van der Waals surface area contributed by atoms with Crippen molar-refractivity contribution >= 4 is 17.4 Å². The van der Waals surface area contributed by atoms with Crippen LogP contribution >= 0.6 is 11.6 Å². The van der Waals surface area contributed by atoms with E-state index in [4.69, 9.17) is 22.5 Å². The van der Waals surface area contributed by atoms with Crippen molar-refractivity contribution in [3.63, 3.8) is 0 Å². The van der Waals surface area contributed by atoms with Gasteiger partial charge >= 0.3 is 0 Å². The Kier molecular flexibility index (Phi) is 5.17. The molecule has 1 aromatic carbocycles. The lowest BCUT2D eigenvalue weighted by atomic mass is 10.2. The number of rotatable bonds is 4. The normalized spacial score (nSPS) is 18.4. The van der Waals surface area contributed by atoms with Gasteiger partial charge in [0, 0.05) is 38.3 Å². The highest BCUT2D eigenvalue weighted by Gasteiger charge is 2.19. The minimum absolute atomic E-state index is 0.160. The molecular formula is C13H18ClFN4O. The molecule has 1 aliphatic heterocycles. The van der Waals surface area contributed by atoms with Gasteiger partial charge in [0.15, 0.2) is 5.84 Å². The third kappa shape index (κ3) is 3.82. The van der Waals surface area contributed by atoms with Gasteiger partial charge in [-0.1, -0.05) is 28.9 Å². The van der Waals surface area contributed by atoms with E-state index in [-0.39, 0.29) is 16.7 Å². The van der Waals surface area contributed by atoms with Crippen molar-refractivity contribution < 1.29 is 9.60 Å². The number of benzene rings is 1. The third-order valence-electron chi connectivity index (χ3n) is 3.40. The van der Waals surface area contributed by atoms with Gasteiger partial charge in [-0.2, -0.15) is 0 Å². The molecule has 7 heteroatoms. The Morgan fingerprint density at radius 1 is 1.30 bits per heavy atom. The molecule has 0 aromatic heterocycles. The minimum Gasteiger partial charge on any atom is -0.409 e. The lowest BCUT2D eigenvalue weighted by Crippen LogP contribution is -2.48. The molecule has 0 saturated carbocycles. The van der Waals surface area contributed by atoms with E-state index in [1.165, 1.54) is 0 Å². The van der Waals surface area contributed by atoms with Crippen molar-refractivity contribution in [3.8, 4) is 0 Å². The van der Waals surface area contributed by atoms with Crippen molar-refractivity contribution in [3.05, 3.63) is 34.6 Å². The first-order valence-corrected chi connectivity index (χ1v) is 6.82. The summed E-state index contributed by atoms with van der Waals surface area (Å²) in [5, 5.41) is 11.7. The predicted octanol–water partition coefficient (Wildman–Crippen LogP) is 1.34. The summed E-state index contributed by atoms with van der Waals surface area (Å²) < 4.78 is 13.8. The second kappa shape index (κ2) is 6.88. The smallest absolute Gasteiger partial charge is 0.153 e. The molecule has 2 rings (SSSR count). The highest BCUT2D eigenvalue weighted by molar-refractivity contribution is 6.30. The summed E-state index contributed by atoms with van der Waals surface area (Å²) >= 11 is 5.78. The van der Waals surface area contributed by atoms with Gasteiger partial charge in [0.1, 0.15) is 5.82 Å². The zero-order chi connectivity index (χ0) is 14.5. The van der Waals surface area contributed by atoms with Gasteiger partial charge in [-0.15, -0.1) is 0 Å². The van der Waals surface area contributed by atoms with E-state index in [9.17, 15) is 4.39 Å². The Bertz CT molecular complexity index is 489. The maximum absolute atomic E-state index is 13.8. The van der Waals surface area contributed by atoms with E-state index in [1.54, 1.807) is 18.2 Å². The summed E-state index contributed by atoms with van der Waals surface area (Å²) in [6.07, 6.45) is 0. The van der Waals surface area contributed by atoms with Gasteiger partial charge in [0.2, 0.25) is 0 Å². The number of hydrogen-bond acceptors (Lipinski definition) is 4. The van der Waals surface area contributed by atoms with Crippen molar-refractivity contribution in [2.45, 2.75) is 6.54 Å². The summed E-state index contributed by atoms with van der Waals surface area (Å²) in [5.74, 6) is -0.132. The third-order valence-corrected chi connectivity index (χ3v) is 3.70. The van der Waals surface area contributed by atoms with E-state index in [0.29, 0.717) is 18.7 Å². The van der Waals surface area contributed by atoms with Gasteiger partial charge in [-0.05, 0) is 6.07 Å². The standard InChI is InChI=1S/C13H18ClFN4O/c14-11-3-1-2-10(13(11)15)8-18-4-6-19(7-5-18)9-12(16)17-20/h1-3,20H,4-9H2,(H2,16,17). The molecule has 0 amide bonds. The van der Waals surface area contributed by atoms with Crippen LogP contribution in [0.4, 0.5) is 4.39 Å². The zero-order valence-electron chi connectivity index (χ0n) is 11.1. The van der Waals surface area contributed by atoms with Crippen molar-refractivity contribution in [1.82, 2.24) is 9.80 Å². The highest BCUT2D eigenvalue weighted by Crippen LogP contribution is 2.19. The predicted molar refractivity (Wildman–Crippen MR) is 76.5 cm³/mol. The lowest BCUT2D eigenvalue weighted by Gasteiger charge is -2.34. The molecule has 1 fully saturated rings. The number of oxime groups is 1. The molecule has 0 aliphatic carbocycles. The first-order chi connectivity index (χ1) is 9.60. The van der Waals surface area contributed by atoms with Crippen LogP contribution in [0.25, 0.3) is 0 Å². The van der Waals surface area contributed by atoms with Crippen LogP contribution in [0.5, 0.6) is 0 Å². The summed E-state index contributed by atoms with van der Waals surface area (Å²) in [7, 11) is 0. The van der Waals surface area contributed by atoms with Crippen LogP contribution < -0.4 is 5.73 Å². The van der Waals surface area contributed by atoms with Crippen LogP contribution in [0.1, 0.15) is 5.56 Å². The number of hydrogen-bond donors (Lipinski definition) is 2. The molecule has 20 heavy (non-hydrogen) atoms. The summed E-state index contributed by atoms with van der Waals surface area (Å²) in [5.41, 5.74) is 6.09. The summed E-state index contributed by atoms with van der Waals surface area (Å²) in [4.78, 5) is 4.26.